The second kappa shape index (κ2) is 5.79. The van der Waals surface area contributed by atoms with E-state index in [1.165, 1.54) is 11.5 Å². The van der Waals surface area contributed by atoms with Gasteiger partial charge in [-0.25, -0.2) is 9.89 Å². The summed E-state index contributed by atoms with van der Waals surface area (Å²) in [5.41, 5.74) is 4.83. The second-order valence-corrected chi connectivity index (χ2v) is 5.01. The average molecular weight is 284 g/mol. The number of H-pyrrole nitrogens is 1. The maximum Gasteiger partial charge on any atom is 0.402 e. The topological polar surface area (TPSA) is 76.7 Å². The zero-order valence-corrected chi connectivity index (χ0v) is 10.8. The summed E-state index contributed by atoms with van der Waals surface area (Å²) in [6.07, 6.45) is -3.81. The zero-order valence-electron chi connectivity index (χ0n) is 9.99. The number of hydrogen-bond acceptors (Lipinski definition) is 4. The monoisotopic (exact) mass is 284 g/mol. The summed E-state index contributed by atoms with van der Waals surface area (Å²) in [5, 5.41) is 3.98. The van der Waals surface area contributed by atoms with Gasteiger partial charge >= 0.3 is 11.9 Å². The lowest BCUT2D eigenvalue weighted by molar-refractivity contribution is -0.131. The van der Waals surface area contributed by atoms with Crippen LogP contribution in [0.4, 0.5) is 13.2 Å². The van der Waals surface area contributed by atoms with Crippen molar-refractivity contribution in [2.24, 2.45) is 5.73 Å². The molecule has 2 atom stereocenters. The number of nitrogens with one attached hydrogen (secondary N) is 1. The molecule has 0 aliphatic rings. The fourth-order valence-electron chi connectivity index (χ4n) is 1.40. The average Bonchev–Trinajstić information content (AvgIpc) is 2.56. The SMILES string of the molecule is CCCn1c(SC(C(C)N)C(F)(F)F)n[nH]c1=O. The number of thioether (sulfide) groups is 1. The number of alkyl halides is 3. The molecule has 0 saturated carbocycles. The van der Waals surface area contributed by atoms with E-state index in [4.69, 9.17) is 5.73 Å². The molecule has 0 radical (unpaired) electrons. The van der Waals surface area contributed by atoms with Gasteiger partial charge in [0, 0.05) is 12.6 Å². The first-order chi connectivity index (χ1) is 8.27. The highest BCUT2D eigenvalue weighted by Crippen LogP contribution is 2.35. The normalized spacial score (nSPS) is 15.7. The molecule has 1 rings (SSSR count). The highest BCUT2D eigenvalue weighted by molar-refractivity contribution is 7.99. The Labute approximate surface area is 106 Å². The summed E-state index contributed by atoms with van der Waals surface area (Å²) in [6.45, 7) is 3.42. The number of aromatic amines is 1. The van der Waals surface area contributed by atoms with Crippen LogP contribution in [0.1, 0.15) is 20.3 Å². The third-order valence-electron chi connectivity index (χ3n) is 2.20. The maximum absolute atomic E-state index is 12.8. The van der Waals surface area contributed by atoms with Crippen LogP contribution in [0.5, 0.6) is 0 Å². The summed E-state index contributed by atoms with van der Waals surface area (Å²) in [6, 6.07) is -1.09. The predicted octanol–water partition coefficient (Wildman–Crippen LogP) is 1.35. The molecule has 2 unspecified atom stereocenters. The van der Waals surface area contributed by atoms with E-state index in [2.05, 4.69) is 10.2 Å². The minimum Gasteiger partial charge on any atom is -0.327 e. The fraction of sp³-hybridized carbons (Fsp3) is 0.778. The van der Waals surface area contributed by atoms with Gasteiger partial charge in [-0.3, -0.25) is 4.57 Å². The van der Waals surface area contributed by atoms with Crippen LogP contribution in [0.3, 0.4) is 0 Å². The van der Waals surface area contributed by atoms with Crippen molar-refractivity contribution in [3.8, 4) is 0 Å². The Morgan fingerprint density at radius 3 is 2.61 bits per heavy atom. The van der Waals surface area contributed by atoms with Gasteiger partial charge in [0.05, 0.1) is 0 Å². The molecule has 0 fully saturated rings. The van der Waals surface area contributed by atoms with Gasteiger partial charge in [-0.05, 0) is 13.3 Å². The number of halogens is 3. The predicted molar refractivity (Wildman–Crippen MR) is 62.5 cm³/mol. The van der Waals surface area contributed by atoms with Crippen LogP contribution in [0.15, 0.2) is 9.95 Å². The van der Waals surface area contributed by atoms with Gasteiger partial charge in [0.2, 0.25) is 0 Å². The van der Waals surface area contributed by atoms with Crippen LogP contribution in [-0.4, -0.2) is 32.2 Å². The summed E-state index contributed by atoms with van der Waals surface area (Å²) >= 11 is 0.462. The zero-order chi connectivity index (χ0) is 13.9. The van der Waals surface area contributed by atoms with E-state index >= 15 is 0 Å². The Balaban J connectivity index is 2.98. The van der Waals surface area contributed by atoms with Gasteiger partial charge in [-0.1, -0.05) is 18.7 Å². The minimum atomic E-state index is -4.44. The summed E-state index contributed by atoms with van der Waals surface area (Å²) in [7, 11) is 0. The summed E-state index contributed by atoms with van der Waals surface area (Å²) < 4.78 is 39.5. The van der Waals surface area contributed by atoms with Crippen LogP contribution >= 0.6 is 11.8 Å². The van der Waals surface area contributed by atoms with Crippen molar-refractivity contribution in [2.75, 3.05) is 0 Å². The van der Waals surface area contributed by atoms with Crippen molar-refractivity contribution < 1.29 is 13.2 Å². The van der Waals surface area contributed by atoms with Crippen molar-refractivity contribution in [3.63, 3.8) is 0 Å². The molecule has 9 heteroatoms. The minimum absolute atomic E-state index is 0.0153. The Morgan fingerprint density at radius 2 is 2.17 bits per heavy atom. The first-order valence-corrected chi connectivity index (χ1v) is 6.29. The van der Waals surface area contributed by atoms with Crippen LogP contribution in [-0.2, 0) is 6.54 Å². The third kappa shape index (κ3) is 3.52. The van der Waals surface area contributed by atoms with Crippen LogP contribution < -0.4 is 11.4 Å². The standard InChI is InChI=1S/C9H15F3N4OS/c1-3-4-16-7(17)14-15-8(16)18-6(5(2)13)9(10,11)12/h5-6H,3-4,13H2,1-2H3,(H,14,17). The Hall–Kier alpha value is -0.960. The largest absolute Gasteiger partial charge is 0.402 e. The quantitative estimate of drug-likeness (QED) is 0.800. The van der Waals surface area contributed by atoms with Crippen LogP contribution in [0.25, 0.3) is 0 Å². The fourth-order valence-corrected chi connectivity index (χ4v) is 2.37. The van der Waals surface area contributed by atoms with E-state index in [-0.39, 0.29) is 5.16 Å². The molecule has 1 aromatic heterocycles. The highest BCUT2D eigenvalue weighted by Gasteiger charge is 2.43. The first-order valence-electron chi connectivity index (χ1n) is 5.41. The number of hydrogen-bond donors (Lipinski definition) is 2. The molecule has 104 valence electrons. The molecule has 0 amide bonds. The molecular formula is C9H15F3N4OS. The van der Waals surface area contributed by atoms with E-state index in [1.54, 1.807) is 0 Å². The van der Waals surface area contributed by atoms with Crippen molar-refractivity contribution in [1.82, 2.24) is 14.8 Å². The molecule has 1 aromatic rings. The molecule has 18 heavy (non-hydrogen) atoms. The van der Waals surface area contributed by atoms with Crippen molar-refractivity contribution >= 4 is 11.8 Å². The molecule has 5 nitrogen and oxygen atoms in total. The van der Waals surface area contributed by atoms with Crippen LogP contribution in [0, 0.1) is 0 Å². The Morgan fingerprint density at radius 1 is 1.56 bits per heavy atom. The van der Waals surface area contributed by atoms with Crippen molar-refractivity contribution in [3.05, 3.63) is 10.5 Å². The number of aromatic nitrogens is 3. The van der Waals surface area contributed by atoms with E-state index in [1.807, 2.05) is 6.92 Å². The van der Waals surface area contributed by atoms with Crippen LogP contribution in [0.2, 0.25) is 0 Å². The van der Waals surface area contributed by atoms with Gasteiger partial charge in [0.25, 0.3) is 0 Å². The van der Waals surface area contributed by atoms with E-state index in [0.29, 0.717) is 24.7 Å². The Bertz CT molecular complexity index is 440. The van der Waals surface area contributed by atoms with Crippen molar-refractivity contribution in [2.45, 2.75) is 49.4 Å². The molecule has 3 N–H and O–H groups in total. The maximum atomic E-state index is 12.8. The van der Waals surface area contributed by atoms with Gasteiger partial charge < -0.3 is 5.73 Å². The second-order valence-electron chi connectivity index (χ2n) is 3.90. The number of nitrogens with two attached hydrogens (primary N) is 1. The van der Waals surface area contributed by atoms with Gasteiger partial charge in [-0.15, -0.1) is 5.10 Å². The lowest BCUT2D eigenvalue weighted by atomic mass is 10.2. The third-order valence-corrected chi connectivity index (χ3v) is 3.68. The van der Waals surface area contributed by atoms with E-state index < -0.39 is 23.2 Å². The lowest BCUT2D eigenvalue weighted by Crippen LogP contribution is -2.41. The molecule has 1 heterocycles. The summed E-state index contributed by atoms with van der Waals surface area (Å²) in [4.78, 5) is 11.4. The highest BCUT2D eigenvalue weighted by atomic mass is 32.2. The van der Waals surface area contributed by atoms with E-state index in [9.17, 15) is 18.0 Å². The van der Waals surface area contributed by atoms with Crippen molar-refractivity contribution in [1.29, 1.82) is 0 Å². The van der Waals surface area contributed by atoms with Gasteiger partial charge in [0.15, 0.2) is 5.16 Å². The molecule has 0 bridgehead atoms. The number of rotatable bonds is 5. The molecule has 0 aliphatic carbocycles. The first kappa shape index (κ1) is 15.1. The molecular weight excluding hydrogens is 269 g/mol. The molecule has 0 spiro atoms. The summed E-state index contributed by atoms with van der Waals surface area (Å²) in [5.74, 6) is 0. The molecule has 0 saturated heterocycles. The van der Waals surface area contributed by atoms with Gasteiger partial charge in [0.1, 0.15) is 5.25 Å². The Kier molecular flexibility index (Phi) is 4.85. The van der Waals surface area contributed by atoms with E-state index in [0.717, 1.165) is 0 Å². The molecule has 0 aliphatic heterocycles. The lowest BCUT2D eigenvalue weighted by Gasteiger charge is -2.22. The van der Waals surface area contributed by atoms with Gasteiger partial charge in [-0.2, -0.15) is 13.2 Å². The number of nitrogens with zero attached hydrogens (tertiary/aromatic N) is 2. The molecule has 0 aromatic carbocycles. The smallest absolute Gasteiger partial charge is 0.327 e.